The standard InChI is InChI=1S/C12H23NO2.C10H14O4.ClH/c1-5-12(6-2,7-3)10(4)11(14)15-9-8-13;1-3-7(9(11)12)5-6-8(4-2)10(13)14;/h4-9,13H2,1-3H3;5-6H,3-4H2,1-2H3,(H,11,12)(H,13,14);1H. The molecule has 0 unspecified atom stereocenters. The summed E-state index contributed by atoms with van der Waals surface area (Å²) in [7, 11) is 0. The number of carbonyl (C=O) groups is 3. The van der Waals surface area contributed by atoms with E-state index in [-0.39, 0.29) is 41.5 Å². The van der Waals surface area contributed by atoms with E-state index >= 15 is 0 Å². The maximum Gasteiger partial charge on any atom is 0.334 e. The molecule has 0 rings (SSSR count). The Morgan fingerprint density at radius 2 is 1.27 bits per heavy atom. The minimum Gasteiger partial charge on any atom is -0.478 e. The number of carboxylic acid groups (broad SMARTS) is 2. The van der Waals surface area contributed by atoms with Crippen molar-refractivity contribution in [3.63, 3.8) is 0 Å². The molecule has 174 valence electrons. The molecule has 0 bridgehead atoms. The van der Waals surface area contributed by atoms with E-state index < -0.39 is 11.9 Å². The van der Waals surface area contributed by atoms with E-state index in [1.54, 1.807) is 13.8 Å². The van der Waals surface area contributed by atoms with E-state index in [2.05, 4.69) is 27.4 Å². The lowest BCUT2D eigenvalue weighted by molar-refractivity contribution is -0.140. The Kier molecular flexibility index (Phi) is 19.2. The zero-order valence-electron chi connectivity index (χ0n) is 18.8. The van der Waals surface area contributed by atoms with Gasteiger partial charge in [-0.1, -0.05) is 53.3 Å². The predicted molar refractivity (Wildman–Crippen MR) is 122 cm³/mol. The van der Waals surface area contributed by atoms with Gasteiger partial charge < -0.3 is 20.7 Å². The van der Waals surface area contributed by atoms with Crippen LogP contribution in [0.2, 0.25) is 0 Å². The maximum atomic E-state index is 11.6. The van der Waals surface area contributed by atoms with Crippen molar-refractivity contribution in [3.05, 3.63) is 35.5 Å². The summed E-state index contributed by atoms with van der Waals surface area (Å²) >= 11 is 0. The molecule has 0 atom stereocenters. The van der Waals surface area contributed by atoms with Gasteiger partial charge in [0.05, 0.1) is 0 Å². The van der Waals surface area contributed by atoms with Gasteiger partial charge in [0.15, 0.2) is 0 Å². The molecule has 4 N–H and O–H groups in total. The first-order valence-electron chi connectivity index (χ1n) is 10.0. The number of carboxylic acids is 2. The molecule has 8 heteroatoms. The molecule has 0 amide bonds. The first-order valence-corrected chi connectivity index (χ1v) is 10.0. The molecular weight excluding hydrogens is 410 g/mol. The smallest absolute Gasteiger partial charge is 0.334 e. The Hall–Kier alpha value is -2.12. The summed E-state index contributed by atoms with van der Waals surface area (Å²) in [6.07, 6.45) is 6.18. The fourth-order valence-corrected chi connectivity index (χ4v) is 2.73. The highest BCUT2D eigenvalue weighted by molar-refractivity contribution is 5.90. The molecule has 0 fully saturated rings. The van der Waals surface area contributed by atoms with Crippen molar-refractivity contribution >= 4 is 30.3 Å². The number of hydrogen-bond acceptors (Lipinski definition) is 5. The van der Waals surface area contributed by atoms with Gasteiger partial charge in [-0.05, 0) is 32.1 Å². The fraction of sp³-hybridized carbons (Fsp3) is 0.591. The highest BCUT2D eigenvalue weighted by Gasteiger charge is 2.32. The molecule has 0 radical (unpaired) electrons. The van der Waals surface area contributed by atoms with Crippen molar-refractivity contribution in [2.24, 2.45) is 11.1 Å². The molecule has 0 aliphatic heterocycles. The number of carbonyl (C=O) groups excluding carboxylic acids is 1. The summed E-state index contributed by atoms with van der Waals surface area (Å²) in [6.45, 7) is 14.2. The van der Waals surface area contributed by atoms with Gasteiger partial charge in [-0.2, -0.15) is 0 Å². The first kappa shape index (κ1) is 32.5. The van der Waals surface area contributed by atoms with Crippen molar-refractivity contribution in [1.29, 1.82) is 0 Å². The average Bonchev–Trinajstić information content (AvgIpc) is 2.71. The topological polar surface area (TPSA) is 127 Å². The summed E-state index contributed by atoms with van der Waals surface area (Å²) in [6, 6.07) is 0. The van der Waals surface area contributed by atoms with E-state index in [0.29, 0.717) is 25.0 Å². The van der Waals surface area contributed by atoms with Crippen molar-refractivity contribution < 1.29 is 29.3 Å². The Morgan fingerprint density at radius 1 is 0.900 bits per heavy atom. The Balaban J connectivity index is -0.000000471. The van der Waals surface area contributed by atoms with E-state index in [0.717, 1.165) is 19.3 Å². The zero-order valence-corrected chi connectivity index (χ0v) is 19.6. The van der Waals surface area contributed by atoms with E-state index in [9.17, 15) is 14.4 Å². The van der Waals surface area contributed by atoms with Crippen LogP contribution in [0.5, 0.6) is 0 Å². The highest BCUT2D eigenvalue weighted by atomic mass is 35.5. The second-order valence-electron chi connectivity index (χ2n) is 6.45. The number of rotatable bonds is 12. The van der Waals surface area contributed by atoms with Crippen LogP contribution in [0.3, 0.4) is 0 Å². The number of ether oxygens (including phenoxy) is 1. The van der Waals surface area contributed by atoms with Gasteiger partial charge in [-0.25, -0.2) is 14.4 Å². The number of esters is 1. The molecule has 0 aliphatic rings. The first-order chi connectivity index (χ1) is 13.6. The lowest BCUT2D eigenvalue weighted by Gasteiger charge is -2.31. The zero-order chi connectivity index (χ0) is 23.0. The minimum absolute atomic E-state index is 0. The molecule has 0 aromatic heterocycles. The normalized spacial score (nSPS) is 11.5. The van der Waals surface area contributed by atoms with Crippen LogP contribution >= 0.6 is 12.4 Å². The monoisotopic (exact) mass is 447 g/mol. The minimum atomic E-state index is -1.01. The van der Waals surface area contributed by atoms with Crippen LogP contribution in [0.15, 0.2) is 35.5 Å². The maximum absolute atomic E-state index is 11.6. The van der Waals surface area contributed by atoms with Crippen molar-refractivity contribution in [2.45, 2.75) is 66.7 Å². The van der Waals surface area contributed by atoms with Crippen molar-refractivity contribution in [2.75, 3.05) is 13.2 Å². The molecule has 0 aliphatic carbocycles. The van der Waals surface area contributed by atoms with Crippen LogP contribution in [0.1, 0.15) is 66.7 Å². The average molecular weight is 448 g/mol. The molecule has 30 heavy (non-hydrogen) atoms. The van der Waals surface area contributed by atoms with Gasteiger partial charge >= 0.3 is 17.9 Å². The molecule has 0 aromatic carbocycles. The quantitative estimate of drug-likeness (QED) is 0.228. The van der Waals surface area contributed by atoms with Crippen LogP contribution in [-0.4, -0.2) is 41.3 Å². The second kappa shape index (κ2) is 17.7. The van der Waals surface area contributed by atoms with Gasteiger partial charge in [0.1, 0.15) is 6.61 Å². The molecule has 0 heterocycles. The molecule has 0 aromatic rings. The molecule has 0 spiro atoms. The van der Waals surface area contributed by atoms with Crippen molar-refractivity contribution in [1.82, 2.24) is 0 Å². The van der Waals surface area contributed by atoms with Crippen LogP contribution in [0.4, 0.5) is 0 Å². The molecular formula is C22H38ClNO6. The van der Waals surface area contributed by atoms with Gasteiger partial charge in [0, 0.05) is 28.7 Å². The van der Waals surface area contributed by atoms with E-state index in [4.69, 9.17) is 20.7 Å². The van der Waals surface area contributed by atoms with E-state index in [1.807, 2.05) is 0 Å². The molecule has 7 nitrogen and oxygen atoms in total. The Bertz CT molecular complexity index is 583. The number of halogens is 1. The van der Waals surface area contributed by atoms with Gasteiger partial charge in [0.2, 0.25) is 0 Å². The number of hydrogen-bond donors (Lipinski definition) is 3. The van der Waals surface area contributed by atoms with Crippen LogP contribution in [0.25, 0.3) is 0 Å². The fourth-order valence-electron chi connectivity index (χ4n) is 2.73. The molecule has 0 saturated heterocycles. The third-order valence-electron chi connectivity index (χ3n) is 5.06. The van der Waals surface area contributed by atoms with E-state index in [1.165, 1.54) is 12.2 Å². The summed E-state index contributed by atoms with van der Waals surface area (Å²) in [4.78, 5) is 32.8. The summed E-state index contributed by atoms with van der Waals surface area (Å²) in [5.41, 5.74) is 6.17. The number of aliphatic carboxylic acids is 2. The lowest BCUT2D eigenvalue weighted by Crippen LogP contribution is -2.27. The van der Waals surface area contributed by atoms with Gasteiger partial charge in [0.25, 0.3) is 0 Å². The van der Waals surface area contributed by atoms with Gasteiger partial charge in [-0.15, -0.1) is 12.4 Å². The summed E-state index contributed by atoms with van der Waals surface area (Å²) < 4.78 is 5.00. The Labute approximate surface area is 186 Å². The largest absolute Gasteiger partial charge is 0.478 e. The summed E-state index contributed by atoms with van der Waals surface area (Å²) in [5.74, 6) is -2.32. The summed E-state index contributed by atoms with van der Waals surface area (Å²) in [5, 5.41) is 17.3. The Morgan fingerprint density at radius 3 is 1.50 bits per heavy atom. The van der Waals surface area contributed by atoms with Crippen LogP contribution < -0.4 is 5.73 Å². The second-order valence-corrected chi connectivity index (χ2v) is 6.45. The van der Waals surface area contributed by atoms with Gasteiger partial charge in [-0.3, -0.25) is 0 Å². The predicted octanol–water partition coefficient (Wildman–Crippen LogP) is 4.51. The third-order valence-corrected chi connectivity index (χ3v) is 5.06. The SMILES string of the molecule is C=C(C(=O)OCCN)C(CC)(CC)CC.CCC(=CC=C(CC)C(=O)O)C(=O)O.Cl. The molecule has 0 saturated carbocycles. The van der Waals surface area contributed by atoms with Crippen molar-refractivity contribution in [3.8, 4) is 0 Å². The van der Waals surface area contributed by atoms with Crippen LogP contribution in [0, 0.1) is 5.41 Å². The van der Waals surface area contributed by atoms with Crippen LogP contribution in [-0.2, 0) is 19.1 Å². The number of nitrogens with two attached hydrogens (primary N) is 1. The third kappa shape index (κ3) is 11.2. The number of allylic oxidation sites excluding steroid dienone is 2. The lowest BCUT2D eigenvalue weighted by atomic mass is 9.74. The highest BCUT2D eigenvalue weighted by Crippen LogP contribution is 2.38.